The third-order valence-corrected chi connectivity index (χ3v) is 3.28. The predicted octanol–water partition coefficient (Wildman–Crippen LogP) is 1.26. The van der Waals surface area contributed by atoms with Gasteiger partial charge in [-0.15, -0.1) is 12.4 Å². The highest BCUT2D eigenvalue weighted by atomic mass is 35.5. The maximum Gasteiger partial charge on any atom is 0.220 e. The molecule has 1 heterocycles. The highest BCUT2D eigenvalue weighted by Gasteiger charge is 2.10. The molecule has 1 fully saturated rings. The number of hydrogen-bond donors (Lipinski definition) is 2. The van der Waals surface area contributed by atoms with Crippen molar-refractivity contribution in [3.8, 4) is 0 Å². The van der Waals surface area contributed by atoms with E-state index in [1.165, 1.54) is 0 Å². The molecule has 1 atom stereocenters. The lowest BCUT2D eigenvalue weighted by molar-refractivity contribution is -0.122. The van der Waals surface area contributed by atoms with Gasteiger partial charge < -0.3 is 10.6 Å². The van der Waals surface area contributed by atoms with Crippen LogP contribution in [-0.2, 0) is 4.79 Å². The zero-order valence-corrected chi connectivity index (χ0v) is 12.5. The van der Waals surface area contributed by atoms with Gasteiger partial charge in [-0.05, 0) is 5.92 Å². The summed E-state index contributed by atoms with van der Waals surface area (Å²) in [6, 6.07) is 0. The van der Waals surface area contributed by atoms with Gasteiger partial charge in [0, 0.05) is 45.7 Å². The van der Waals surface area contributed by atoms with Crippen LogP contribution < -0.4 is 10.6 Å². The van der Waals surface area contributed by atoms with E-state index in [0.29, 0.717) is 12.3 Å². The normalized spacial score (nSPS) is 17.9. The van der Waals surface area contributed by atoms with Crippen molar-refractivity contribution in [1.29, 1.82) is 0 Å². The van der Waals surface area contributed by atoms with Crippen molar-refractivity contribution < 1.29 is 4.79 Å². The molecule has 1 rings (SSSR count). The summed E-state index contributed by atoms with van der Waals surface area (Å²) in [6.07, 6.45) is 2.98. The number of nitrogens with one attached hydrogen (secondary N) is 2. The molecule has 0 aromatic rings. The molecule has 0 aromatic carbocycles. The third-order valence-electron chi connectivity index (χ3n) is 3.28. The Morgan fingerprint density at radius 2 is 2.06 bits per heavy atom. The van der Waals surface area contributed by atoms with Crippen molar-refractivity contribution in [2.24, 2.45) is 5.92 Å². The Bertz CT molecular complexity index is 220. The molecule has 5 heteroatoms. The second kappa shape index (κ2) is 10.6. The molecule has 1 saturated heterocycles. The van der Waals surface area contributed by atoms with Gasteiger partial charge in [0.05, 0.1) is 0 Å². The Morgan fingerprint density at radius 1 is 1.39 bits per heavy atom. The van der Waals surface area contributed by atoms with Crippen molar-refractivity contribution >= 4 is 18.3 Å². The number of halogens is 1. The molecule has 0 spiro atoms. The van der Waals surface area contributed by atoms with Crippen LogP contribution in [0.3, 0.4) is 0 Å². The van der Waals surface area contributed by atoms with E-state index in [-0.39, 0.29) is 18.3 Å². The van der Waals surface area contributed by atoms with Gasteiger partial charge in [0.2, 0.25) is 5.91 Å². The third kappa shape index (κ3) is 7.90. The standard InChI is InChI=1S/C13H27N3O.ClH/c1-3-4-12(2)11-13(17)15-7-10-16-8-5-14-6-9-16;/h12,14H,3-11H2,1-2H3,(H,15,17);1H. The van der Waals surface area contributed by atoms with E-state index in [1.807, 2.05) is 0 Å². The zero-order chi connectivity index (χ0) is 12.5. The van der Waals surface area contributed by atoms with Crippen LogP contribution >= 0.6 is 12.4 Å². The molecule has 1 amide bonds. The Hall–Kier alpha value is -0.320. The first kappa shape index (κ1) is 17.7. The van der Waals surface area contributed by atoms with Gasteiger partial charge in [-0.3, -0.25) is 9.69 Å². The van der Waals surface area contributed by atoms with Crippen LogP contribution in [0.5, 0.6) is 0 Å². The fraction of sp³-hybridized carbons (Fsp3) is 0.923. The molecule has 1 unspecified atom stereocenters. The van der Waals surface area contributed by atoms with Gasteiger partial charge in [0.15, 0.2) is 0 Å². The molecule has 4 nitrogen and oxygen atoms in total. The molecule has 1 aliphatic heterocycles. The minimum Gasteiger partial charge on any atom is -0.355 e. The van der Waals surface area contributed by atoms with Gasteiger partial charge >= 0.3 is 0 Å². The van der Waals surface area contributed by atoms with E-state index < -0.39 is 0 Å². The number of carbonyl (C=O) groups is 1. The number of piperazine rings is 1. The second-order valence-electron chi connectivity index (χ2n) is 5.04. The molecule has 0 bridgehead atoms. The molecule has 108 valence electrons. The van der Waals surface area contributed by atoms with Crippen LogP contribution in [0.25, 0.3) is 0 Å². The molecule has 18 heavy (non-hydrogen) atoms. The lowest BCUT2D eigenvalue weighted by Crippen LogP contribution is -2.46. The number of nitrogens with zero attached hydrogens (tertiary/aromatic N) is 1. The summed E-state index contributed by atoms with van der Waals surface area (Å²) >= 11 is 0. The largest absolute Gasteiger partial charge is 0.355 e. The molecule has 1 aliphatic rings. The summed E-state index contributed by atoms with van der Waals surface area (Å²) in [5, 5.41) is 6.34. The second-order valence-corrected chi connectivity index (χ2v) is 5.04. The highest BCUT2D eigenvalue weighted by molar-refractivity contribution is 5.85. The first-order chi connectivity index (χ1) is 8.22. The Labute approximate surface area is 117 Å². The lowest BCUT2D eigenvalue weighted by Gasteiger charge is -2.27. The van der Waals surface area contributed by atoms with Crippen LogP contribution in [0.4, 0.5) is 0 Å². The lowest BCUT2D eigenvalue weighted by atomic mass is 10.0. The van der Waals surface area contributed by atoms with Gasteiger partial charge in [0.1, 0.15) is 0 Å². The maximum absolute atomic E-state index is 11.6. The van der Waals surface area contributed by atoms with E-state index in [0.717, 1.165) is 52.1 Å². The summed E-state index contributed by atoms with van der Waals surface area (Å²) in [4.78, 5) is 14.0. The monoisotopic (exact) mass is 277 g/mol. The van der Waals surface area contributed by atoms with Crippen LogP contribution in [-0.4, -0.2) is 50.1 Å². The molecular weight excluding hydrogens is 250 g/mol. The van der Waals surface area contributed by atoms with Crippen LogP contribution in [0.1, 0.15) is 33.1 Å². The Balaban J connectivity index is 0.00000289. The zero-order valence-electron chi connectivity index (χ0n) is 11.7. The first-order valence-electron chi connectivity index (χ1n) is 6.92. The fourth-order valence-corrected chi connectivity index (χ4v) is 2.27. The van der Waals surface area contributed by atoms with Crippen LogP contribution in [0.2, 0.25) is 0 Å². The minimum absolute atomic E-state index is 0. The van der Waals surface area contributed by atoms with Crippen molar-refractivity contribution in [3.63, 3.8) is 0 Å². The van der Waals surface area contributed by atoms with E-state index >= 15 is 0 Å². The fourth-order valence-electron chi connectivity index (χ4n) is 2.27. The Morgan fingerprint density at radius 3 is 2.67 bits per heavy atom. The van der Waals surface area contributed by atoms with Crippen LogP contribution in [0, 0.1) is 5.92 Å². The van der Waals surface area contributed by atoms with Crippen molar-refractivity contribution in [1.82, 2.24) is 15.5 Å². The predicted molar refractivity (Wildman–Crippen MR) is 78.3 cm³/mol. The summed E-state index contributed by atoms with van der Waals surface area (Å²) in [5.41, 5.74) is 0. The maximum atomic E-state index is 11.6. The van der Waals surface area contributed by atoms with Gasteiger partial charge in [-0.1, -0.05) is 26.7 Å². The number of amides is 1. The summed E-state index contributed by atoms with van der Waals surface area (Å²) in [5.74, 6) is 0.722. The van der Waals surface area contributed by atoms with Crippen molar-refractivity contribution in [2.75, 3.05) is 39.3 Å². The van der Waals surface area contributed by atoms with E-state index in [1.54, 1.807) is 0 Å². The first-order valence-corrected chi connectivity index (χ1v) is 6.92. The summed E-state index contributed by atoms with van der Waals surface area (Å²) in [6.45, 7) is 10.4. The molecule has 0 aliphatic carbocycles. The Kier molecular flexibility index (Phi) is 10.4. The van der Waals surface area contributed by atoms with E-state index in [2.05, 4.69) is 29.4 Å². The average molecular weight is 278 g/mol. The van der Waals surface area contributed by atoms with E-state index in [4.69, 9.17) is 0 Å². The van der Waals surface area contributed by atoms with Crippen LogP contribution in [0.15, 0.2) is 0 Å². The van der Waals surface area contributed by atoms with Gasteiger partial charge in [-0.25, -0.2) is 0 Å². The molecular formula is C13H28ClN3O. The number of hydrogen-bond acceptors (Lipinski definition) is 3. The minimum atomic E-state index is 0. The smallest absolute Gasteiger partial charge is 0.220 e. The molecule has 0 saturated carbocycles. The van der Waals surface area contributed by atoms with Crippen molar-refractivity contribution in [2.45, 2.75) is 33.1 Å². The molecule has 2 N–H and O–H groups in total. The quantitative estimate of drug-likeness (QED) is 0.736. The van der Waals surface area contributed by atoms with Crippen molar-refractivity contribution in [3.05, 3.63) is 0 Å². The van der Waals surface area contributed by atoms with Gasteiger partial charge in [0.25, 0.3) is 0 Å². The summed E-state index contributed by atoms with van der Waals surface area (Å²) < 4.78 is 0. The van der Waals surface area contributed by atoms with Gasteiger partial charge in [-0.2, -0.15) is 0 Å². The SMILES string of the molecule is CCCC(C)CC(=O)NCCN1CCNCC1.Cl. The topological polar surface area (TPSA) is 44.4 Å². The average Bonchev–Trinajstić information content (AvgIpc) is 2.30. The molecule has 0 aromatic heterocycles. The molecule has 0 radical (unpaired) electrons. The van der Waals surface area contributed by atoms with E-state index in [9.17, 15) is 4.79 Å². The summed E-state index contributed by atoms with van der Waals surface area (Å²) in [7, 11) is 0. The highest BCUT2D eigenvalue weighted by Crippen LogP contribution is 2.08. The number of rotatable bonds is 7. The number of carbonyl (C=O) groups excluding carboxylic acids is 1.